The molecule has 140 valence electrons. The summed E-state index contributed by atoms with van der Waals surface area (Å²) in [5.41, 5.74) is 7.67. The molecule has 0 aliphatic carbocycles. The van der Waals surface area contributed by atoms with Crippen LogP contribution in [-0.2, 0) is 12.8 Å². The summed E-state index contributed by atoms with van der Waals surface area (Å²) in [5.74, 6) is 0. The molecular weight excluding hydrogens is 356 g/mol. The van der Waals surface area contributed by atoms with Crippen LogP contribution in [0.5, 0.6) is 0 Å². The van der Waals surface area contributed by atoms with E-state index in [9.17, 15) is 0 Å². The SMILES string of the molecule is CCc1ccc(Cc2ccc3oc4ccccc4c3c2)c2oc3ccccc3c12. The van der Waals surface area contributed by atoms with Crippen LogP contribution in [0, 0.1) is 0 Å². The molecule has 0 saturated heterocycles. The third-order valence-corrected chi connectivity index (χ3v) is 5.91. The highest BCUT2D eigenvalue weighted by atomic mass is 16.3. The summed E-state index contributed by atoms with van der Waals surface area (Å²) in [6.07, 6.45) is 1.82. The largest absolute Gasteiger partial charge is 0.456 e. The van der Waals surface area contributed by atoms with Gasteiger partial charge in [-0.25, -0.2) is 0 Å². The van der Waals surface area contributed by atoms with E-state index in [1.165, 1.54) is 38.2 Å². The lowest BCUT2D eigenvalue weighted by atomic mass is 9.97. The summed E-state index contributed by atoms with van der Waals surface area (Å²) >= 11 is 0. The average Bonchev–Trinajstić information content (AvgIpc) is 3.33. The van der Waals surface area contributed by atoms with Gasteiger partial charge in [0, 0.05) is 28.0 Å². The molecule has 0 radical (unpaired) electrons. The van der Waals surface area contributed by atoms with Crippen molar-refractivity contribution in [3.8, 4) is 0 Å². The van der Waals surface area contributed by atoms with Gasteiger partial charge in [0.15, 0.2) is 0 Å². The molecule has 2 heteroatoms. The van der Waals surface area contributed by atoms with E-state index >= 15 is 0 Å². The van der Waals surface area contributed by atoms with E-state index in [0.717, 1.165) is 35.2 Å². The van der Waals surface area contributed by atoms with Gasteiger partial charge in [0.05, 0.1) is 0 Å². The molecule has 2 heterocycles. The third-order valence-electron chi connectivity index (χ3n) is 5.91. The lowest BCUT2D eigenvalue weighted by Crippen LogP contribution is -1.91. The van der Waals surface area contributed by atoms with E-state index in [1.54, 1.807) is 0 Å². The van der Waals surface area contributed by atoms with Crippen LogP contribution in [0.3, 0.4) is 0 Å². The van der Waals surface area contributed by atoms with E-state index in [-0.39, 0.29) is 0 Å². The number of hydrogen-bond acceptors (Lipinski definition) is 2. The molecule has 0 spiro atoms. The van der Waals surface area contributed by atoms with Gasteiger partial charge < -0.3 is 8.83 Å². The molecule has 4 aromatic carbocycles. The summed E-state index contributed by atoms with van der Waals surface area (Å²) in [6, 6.07) is 27.5. The van der Waals surface area contributed by atoms with Gasteiger partial charge in [0.25, 0.3) is 0 Å². The second-order valence-electron chi connectivity index (χ2n) is 7.65. The molecule has 0 fully saturated rings. The number of benzene rings is 4. The zero-order valence-electron chi connectivity index (χ0n) is 16.2. The van der Waals surface area contributed by atoms with Crippen LogP contribution in [0.25, 0.3) is 43.9 Å². The van der Waals surface area contributed by atoms with Gasteiger partial charge in [0.1, 0.15) is 22.3 Å². The minimum absolute atomic E-state index is 0.829. The quantitative estimate of drug-likeness (QED) is 0.317. The fraction of sp³-hybridized carbons (Fsp3) is 0.111. The Labute approximate surface area is 168 Å². The second-order valence-corrected chi connectivity index (χ2v) is 7.65. The maximum atomic E-state index is 6.32. The lowest BCUT2D eigenvalue weighted by molar-refractivity contribution is 0.663. The van der Waals surface area contributed by atoms with Crippen molar-refractivity contribution in [3.63, 3.8) is 0 Å². The highest BCUT2D eigenvalue weighted by molar-refractivity contribution is 6.08. The molecule has 6 rings (SSSR count). The number of aryl methyl sites for hydroxylation is 1. The molecule has 29 heavy (non-hydrogen) atoms. The fourth-order valence-electron chi connectivity index (χ4n) is 4.49. The van der Waals surface area contributed by atoms with Crippen molar-refractivity contribution in [2.75, 3.05) is 0 Å². The van der Waals surface area contributed by atoms with E-state index in [2.05, 4.69) is 67.6 Å². The Balaban J connectivity index is 1.53. The molecule has 0 bridgehead atoms. The first-order chi connectivity index (χ1) is 14.3. The summed E-state index contributed by atoms with van der Waals surface area (Å²) in [6.45, 7) is 2.20. The first kappa shape index (κ1) is 16.4. The van der Waals surface area contributed by atoms with Crippen LogP contribution in [0.15, 0.2) is 87.7 Å². The average molecular weight is 376 g/mol. The molecule has 0 aliphatic heterocycles. The molecule has 0 aliphatic rings. The van der Waals surface area contributed by atoms with E-state index in [4.69, 9.17) is 8.83 Å². The van der Waals surface area contributed by atoms with Gasteiger partial charge in [-0.2, -0.15) is 0 Å². The Hall–Kier alpha value is -3.52. The molecule has 0 atom stereocenters. The lowest BCUT2D eigenvalue weighted by Gasteiger charge is -2.07. The molecule has 0 unspecified atom stereocenters. The van der Waals surface area contributed by atoms with E-state index in [1.807, 2.05) is 18.2 Å². The standard InChI is InChI=1S/C27H20O2/c1-2-18-12-13-19(27-26(18)21-8-4-6-10-24(21)29-27)15-17-11-14-25-22(16-17)20-7-3-5-9-23(20)28-25/h3-14,16H,2,15H2,1H3. The normalized spacial score (nSPS) is 11.9. The Bertz CT molecular complexity index is 1510. The highest BCUT2D eigenvalue weighted by Gasteiger charge is 2.15. The molecule has 0 amide bonds. The summed E-state index contributed by atoms with van der Waals surface area (Å²) in [4.78, 5) is 0. The fourth-order valence-corrected chi connectivity index (χ4v) is 4.49. The minimum Gasteiger partial charge on any atom is -0.456 e. The summed E-state index contributed by atoms with van der Waals surface area (Å²) in [5, 5.41) is 4.80. The van der Waals surface area contributed by atoms with Gasteiger partial charge >= 0.3 is 0 Å². The van der Waals surface area contributed by atoms with E-state index in [0.29, 0.717) is 0 Å². The molecule has 0 saturated carbocycles. The smallest absolute Gasteiger partial charge is 0.139 e. The van der Waals surface area contributed by atoms with Crippen molar-refractivity contribution >= 4 is 43.9 Å². The van der Waals surface area contributed by atoms with Gasteiger partial charge in [-0.1, -0.05) is 61.5 Å². The number of hydrogen-bond donors (Lipinski definition) is 0. The summed E-state index contributed by atoms with van der Waals surface area (Å²) in [7, 11) is 0. The van der Waals surface area contributed by atoms with E-state index < -0.39 is 0 Å². The Kier molecular flexibility index (Phi) is 3.54. The van der Waals surface area contributed by atoms with Crippen molar-refractivity contribution in [1.29, 1.82) is 0 Å². The highest BCUT2D eigenvalue weighted by Crippen LogP contribution is 2.35. The number of fused-ring (bicyclic) bond motifs is 6. The van der Waals surface area contributed by atoms with Gasteiger partial charge in [-0.15, -0.1) is 0 Å². The molecule has 2 nitrogen and oxygen atoms in total. The minimum atomic E-state index is 0.829. The van der Waals surface area contributed by atoms with Gasteiger partial charge in [-0.3, -0.25) is 0 Å². The molecule has 2 aromatic heterocycles. The zero-order valence-corrected chi connectivity index (χ0v) is 16.2. The molecule has 6 aromatic rings. The zero-order chi connectivity index (χ0) is 19.4. The second kappa shape index (κ2) is 6.25. The maximum Gasteiger partial charge on any atom is 0.139 e. The van der Waals surface area contributed by atoms with Gasteiger partial charge in [-0.05, 0) is 47.4 Å². The maximum absolute atomic E-state index is 6.32. The van der Waals surface area contributed by atoms with Crippen molar-refractivity contribution in [3.05, 3.63) is 95.6 Å². The van der Waals surface area contributed by atoms with Crippen molar-refractivity contribution < 1.29 is 8.83 Å². The van der Waals surface area contributed by atoms with Crippen molar-refractivity contribution in [2.45, 2.75) is 19.8 Å². The predicted octanol–water partition coefficient (Wildman–Crippen LogP) is 7.64. The van der Waals surface area contributed by atoms with Crippen LogP contribution in [0.1, 0.15) is 23.6 Å². The molecule has 0 N–H and O–H groups in total. The third kappa shape index (κ3) is 2.49. The Morgan fingerprint density at radius 3 is 2.14 bits per heavy atom. The molecular formula is C27H20O2. The number of furan rings is 2. The van der Waals surface area contributed by atoms with Crippen LogP contribution in [0.4, 0.5) is 0 Å². The topological polar surface area (TPSA) is 26.3 Å². The monoisotopic (exact) mass is 376 g/mol. The van der Waals surface area contributed by atoms with Crippen molar-refractivity contribution in [1.82, 2.24) is 0 Å². The summed E-state index contributed by atoms with van der Waals surface area (Å²) < 4.78 is 12.3. The van der Waals surface area contributed by atoms with Crippen molar-refractivity contribution in [2.24, 2.45) is 0 Å². The first-order valence-corrected chi connectivity index (χ1v) is 10.1. The number of rotatable bonds is 3. The Morgan fingerprint density at radius 1 is 0.621 bits per heavy atom. The predicted molar refractivity (Wildman–Crippen MR) is 120 cm³/mol. The first-order valence-electron chi connectivity index (χ1n) is 10.1. The van der Waals surface area contributed by atoms with Crippen LogP contribution < -0.4 is 0 Å². The van der Waals surface area contributed by atoms with Crippen LogP contribution in [0.2, 0.25) is 0 Å². The van der Waals surface area contributed by atoms with Crippen LogP contribution >= 0.6 is 0 Å². The number of para-hydroxylation sites is 2. The Morgan fingerprint density at radius 2 is 1.31 bits per heavy atom. The van der Waals surface area contributed by atoms with Gasteiger partial charge in [0.2, 0.25) is 0 Å². The van der Waals surface area contributed by atoms with Crippen LogP contribution in [-0.4, -0.2) is 0 Å².